The Labute approximate surface area is 189 Å². The first-order valence-corrected chi connectivity index (χ1v) is 12.0. The van der Waals surface area contributed by atoms with Crippen molar-refractivity contribution >= 4 is 21.8 Å². The summed E-state index contributed by atoms with van der Waals surface area (Å²) in [7, 11) is -0.101. The van der Waals surface area contributed by atoms with Crippen LogP contribution in [0, 0.1) is 5.82 Å². The standard InChI is InChI=1S/C22H32FN5O3S/c1-14(2)19-8-17(23)9-20(22(19)24-13-29)16(5)11-25-32(30,31)21-10-18(12-27(6)7)28(26-21)15(3)4/h8-10,14-16,25H,11-12H2,1-7H3. The molecule has 0 bridgehead atoms. The smallest absolute Gasteiger partial charge is 0.259 e. The summed E-state index contributed by atoms with van der Waals surface area (Å²) in [6.45, 7) is 9.88. The first-order valence-electron chi connectivity index (χ1n) is 10.5. The molecule has 8 nitrogen and oxygen atoms in total. The molecule has 0 radical (unpaired) electrons. The van der Waals surface area contributed by atoms with Gasteiger partial charge in [-0.1, -0.05) is 20.8 Å². The molecule has 0 aliphatic carbocycles. The lowest BCUT2D eigenvalue weighted by atomic mass is 9.92. The van der Waals surface area contributed by atoms with Crippen molar-refractivity contribution in [2.24, 2.45) is 4.99 Å². The van der Waals surface area contributed by atoms with E-state index in [1.54, 1.807) is 17.7 Å². The Morgan fingerprint density at radius 3 is 2.31 bits per heavy atom. The molecule has 0 amide bonds. The number of hydrogen-bond donors (Lipinski definition) is 1. The second-order valence-electron chi connectivity index (χ2n) is 8.79. The molecule has 1 atom stereocenters. The molecule has 0 spiro atoms. The van der Waals surface area contributed by atoms with Gasteiger partial charge < -0.3 is 4.90 Å². The molecule has 0 aliphatic rings. The van der Waals surface area contributed by atoms with E-state index in [2.05, 4.69) is 14.8 Å². The van der Waals surface area contributed by atoms with Gasteiger partial charge in [0.15, 0.2) is 5.03 Å². The van der Waals surface area contributed by atoms with Gasteiger partial charge in [-0.05, 0) is 63.0 Å². The summed E-state index contributed by atoms with van der Waals surface area (Å²) in [5.74, 6) is -0.985. The number of sulfonamides is 1. The summed E-state index contributed by atoms with van der Waals surface area (Å²) in [6.07, 6.45) is 1.52. The zero-order valence-corrected chi connectivity index (χ0v) is 20.5. The van der Waals surface area contributed by atoms with Gasteiger partial charge in [0.1, 0.15) is 5.82 Å². The lowest BCUT2D eigenvalue weighted by molar-refractivity contribution is 0.372. The number of aliphatic imine (C=N–C) groups is 1. The van der Waals surface area contributed by atoms with Gasteiger partial charge in [-0.2, -0.15) is 10.1 Å². The Balaban J connectivity index is 2.33. The first kappa shape index (κ1) is 25.9. The largest absolute Gasteiger partial charge is 0.304 e. The zero-order chi connectivity index (χ0) is 24.2. The van der Waals surface area contributed by atoms with E-state index in [1.165, 1.54) is 18.2 Å². The van der Waals surface area contributed by atoms with Crippen LogP contribution in [0.25, 0.3) is 0 Å². The van der Waals surface area contributed by atoms with Crippen molar-refractivity contribution in [3.05, 3.63) is 40.8 Å². The fourth-order valence-corrected chi connectivity index (χ4v) is 4.58. The van der Waals surface area contributed by atoms with Gasteiger partial charge in [-0.3, -0.25) is 4.68 Å². The van der Waals surface area contributed by atoms with Crippen LogP contribution in [0.5, 0.6) is 0 Å². The summed E-state index contributed by atoms with van der Waals surface area (Å²) in [4.78, 5) is 16.7. The lowest BCUT2D eigenvalue weighted by Gasteiger charge is -2.18. The highest BCUT2D eigenvalue weighted by atomic mass is 32.2. The molecular formula is C22H32FN5O3S. The zero-order valence-electron chi connectivity index (χ0n) is 19.7. The molecule has 2 aromatic rings. The molecule has 0 saturated carbocycles. The summed E-state index contributed by atoms with van der Waals surface area (Å²) < 4.78 is 44.4. The minimum Gasteiger partial charge on any atom is -0.304 e. The van der Waals surface area contributed by atoms with Gasteiger partial charge in [0.05, 0.1) is 11.4 Å². The third-order valence-electron chi connectivity index (χ3n) is 5.06. The number of hydrogen-bond acceptors (Lipinski definition) is 6. The van der Waals surface area contributed by atoms with Crippen LogP contribution >= 0.6 is 0 Å². The molecule has 1 N–H and O–H groups in total. The van der Waals surface area contributed by atoms with Crippen molar-refractivity contribution in [1.82, 2.24) is 19.4 Å². The number of isocyanates is 1. The maximum atomic E-state index is 14.2. The van der Waals surface area contributed by atoms with Gasteiger partial charge in [-0.25, -0.2) is 22.3 Å². The summed E-state index contributed by atoms with van der Waals surface area (Å²) in [6, 6.07) is 4.18. The Hall–Kier alpha value is -2.39. The number of aromatic nitrogens is 2. The average molecular weight is 466 g/mol. The highest BCUT2D eigenvalue weighted by Crippen LogP contribution is 2.35. The number of nitrogens with one attached hydrogen (secondary N) is 1. The fraction of sp³-hybridized carbons (Fsp3) is 0.545. The number of rotatable bonds is 10. The molecule has 0 saturated heterocycles. The monoisotopic (exact) mass is 465 g/mol. The SMILES string of the molecule is CC(C)c1cc(F)cc(C(C)CNS(=O)(=O)c2cc(CN(C)C)n(C(C)C)n2)c1N=C=O. The Bertz CT molecular complexity index is 1100. The van der Waals surface area contributed by atoms with E-state index in [-0.39, 0.29) is 23.5 Å². The van der Waals surface area contributed by atoms with E-state index in [1.807, 2.05) is 46.7 Å². The Morgan fingerprint density at radius 2 is 1.78 bits per heavy atom. The van der Waals surface area contributed by atoms with E-state index in [9.17, 15) is 17.6 Å². The molecule has 0 fully saturated rings. The molecular weight excluding hydrogens is 433 g/mol. The predicted octanol–water partition coefficient (Wildman–Crippen LogP) is 3.84. The second-order valence-corrected chi connectivity index (χ2v) is 10.5. The molecule has 2 rings (SSSR count). The third-order valence-corrected chi connectivity index (χ3v) is 6.35. The number of carbonyl (C=O) groups excluding carboxylic acids is 1. The molecule has 1 aromatic carbocycles. The molecule has 10 heteroatoms. The Morgan fingerprint density at radius 1 is 1.16 bits per heavy atom. The highest BCUT2D eigenvalue weighted by Gasteiger charge is 2.24. The van der Waals surface area contributed by atoms with Crippen LogP contribution in [-0.4, -0.2) is 49.8 Å². The van der Waals surface area contributed by atoms with Gasteiger partial charge in [0, 0.05) is 25.2 Å². The molecule has 1 unspecified atom stereocenters. The molecule has 0 aliphatic heterocycles. The van der Waals surface area contributed by atoms with E-state index < -0.39 is 21.8 Å². The maximum absolute atomic E-state index is 14.2. The minimum absolute atomic E-state index is 0.00154. The van der Waals surface area contributed by atoms with E-state index >= 15 is 0 Å². The van der Waals surface area contributed by atoms with Crippen LogP contribution in [-0.2, 0) is 21.4 Å². The van der Waals surface area contributed by atoms with E-state index in [0.717, 1.165) is 5.69 Å². The van der Waals surface area contributed by atoms with Crippen molar-refractivity contribution < 1.29 is 17.6 Å². The number of benzene rings is 1. The van der Waals surface area contributed by atoms with E-state index in [4.69, 9.17) is 0 Å². The lowest BCUT2D eigenvalue weighted by Crippen LogP contribution is -2.28. The van der Waals surface area contributed by atoms with Crippen molar-refractivity contribution in [2.75, 3.05) is 20.6 Å². The van der Waals surface area contributed by atoms with Gasteiger partial charge in [-0.15, -0.1) is 0 Å². The van der Waals surface area contributed by atoms with Crippen LogP contribution in [0.1, 0.15) is 69.3 Å². The molecule has 1 heterocycles. The summed E-state index contributed by atoms with van der Waals surface area (Å²) in [5.41, 5.74) is 2.14. The van der Waals surface area contributed by atoms with Crippen LogP contribution in [0.4, 0.5) is 10.1 Å². The minimum atomic E-state index is -3.90. The van der Waals surface area contributed by atoms with Crippen LogP contribution < -0.4 is 4.72 Å². The van der Waals surface area contributed by atoms with Crippen molar-refractivity contribution in [3.8, 4) is 0 Å². The van der Waals surface area contributed by atoms with Crippen molar-refractivity contribution in [2.45, 2.75) is 64.1 Å². The van der Waals surface area contributed by atoms with Crippen molar-refractivity contribution in [1.29, 1.82) is 0 Å². The van der Waals surface area contributed by atoms with E-state index in [0.29, 0.717) is 23.4 Å². The Kier molecular flexibility index (Phi) is 8.47. The predicted molar refractivity (Wildman–Crippen MR) is 122 cm³/mol. The quantitative estimate of drug-likeness (QED) is 0.425. The number of nitrogens with zero attached hydrogens (tertiary/aromatic N) is 4. The van der Waals surface area contributed by atoms with Crippen LogP contribution in [0.2, 0.25) is 0 Å². The summed E-state index contributed by atoms with van der Waals surface area (Å²) in [5, 5.41) is 4.23. The summed E-state index contributed by atoms with van der Waals surface area (Å²) >= 11 is 0. The fourth-order valence-electron chi connectivity index (χ4n) is 3.48. The highest BCUT2D eigenvalue weighted by molar-refractivity contribution is 7.89. The number of halogens is 1. The normalized spacial score (nSPS) is 13.1. The second kappa shape index (κ2) is 10.5. The van der Waals surface area contributed by atoms with Crippen LogP contribution in [0.15, 0.2) is 28.2 Å². The third kappa shape index (κ3) is 6.10. The molecule has 1 aromatic heterocycles. The van der Waals surface area contributed by atoms with Gasteiger partial charge >= 0.3 is 0 Å². The van der Waals surface area contributed by atoms with Gasteiger partial charge in [0.25, 0.3) is 10.0 Å². The molecule has 176 valence electrons. The maximum Gasteiger partial charge on any atom is 0.259 e. The van der Waals surface area contributed by atoms with Crippen molar-refractivity contribution in [3.63, 3.8) is 0 Å². The van der Waals surface area contributed by atoms with Crippen LogP contribution in [0.3, 0.4) is 0 Å². The topological polar surface area (TPSA) is 96.7 Å². The average Bonchev–Trinajstić information content (AvgIpc) is 3.11. The molecule has 32 heavy (non-hydrogen) atoms. The first-order chi connectivity index (χ1) is 14.9. The van der Waals surface area contributed by atoms with Gasteiger partial charge in [0.2, 0.25) is 6.08 Å².